The number of nitrogens with zero attached hydrogens (tertiary/aromatic N) is 1. The van der Waals surface area contributed by atoms with Gasteiger partial charge in [-0.3, -0.25) is 9.69 Å². The summed E-state index contributed by atoms with van der Waals surface area (Å²) in [6.07, 6.45) is -0.919. The fraction of sp³-hybridized carbons (Fsp3) is 0.529. The maximum absolute atomic E-state index is 14.1. The van der Waals surface area contributed by atoms with Gasteiger partial charge in [0.25, 0.3) is 5.91 Å². The van der Waals surface area contributed by atoms with Gasteiger partial charge in [-0.25, -0.2) is 13.6 Å². The van der Waals surface area contributed by atoms with Crippen LogP contribution in [0.3, 0.4) is 0 Å². The van der Waals surface area contributed by atoms with Gasteiger partial charge >= 0.3 is 6.03 Å². The number of benzene rings is 1. The zero-order chi connectivity index (χ0) is 18.9. The van der Waals surface area contributed by atoms with E-state index in [2.05, 4.69) is 5.32 Å². The molecule has 0 bridgehead atoms. The second kappa shape index (κ2) is 7.26. The fourth-order valence-electron chi connectivity index (χ4n) is 3.40. The SMILES string of the molecule is C[C@]1(c2cc(F)ccc2F)NC(=O)N(C[C@H](O)C[NH+]2CCOCC2)C1=O. The first kappa shape index (κ1) is 18.7. The van der Waals surface area contributed by atoms with Crippen LogP contribution in [0.2, 0.25) is 0 Å². The highest BCUT2D eigenvalue weighted by Gasteiger charge is 2.50. The molecule has 2 aliphatic heterocycles. The molecule has 0 aliphatic carbocycles. The highest BCUT2D eigenvalue weighted by molar-refractivity contribution is 6.07. The molecule has 2 atom stereocenters. The highest BCUT2D eigenvalue weighted by Crippen LogP contribution is 2.31. The van der Waals surface area contributed by atoms with Crippen LogP contribution in [0, 0.1) is 11.6 Å². The maximum atomic E-state index is 14.1. The number of quaternary nitrogens is 1. The van der Waals surface area contributed by atoms with E-state index in [-0.39, 0.29) is 12.1 Å². The Morgan fingerprint density at radius 2 is 2.04 bits per heavy atom. The number of nitrogens with one attached hydrogen (secondary N) is 2. The van der Waals surface area contributed by atoms with Crippen molar-refractivity contribution in [3.05, 3.63) is 35.4 Å². The molecule has 0 radical (unpaired) electrons. The third kappa shape index (κ3) is 3.55. The molecule has 2 saturated heterocycles. The number of ether oxygens (including phenoxy) is 1. The first-order valence-electron chi connectivity index (χ1n) is 8.50. The molecule has 7 nitrogen and oxygen atoms in total. The average molecular weight is 370 g/mol. The normalized spacial score (nSPS) is 25.5. The monoisotopic (exact) mass is 370 g/mol. The molecule has 3 N–H and O–H groups in total. The number of aliphatic hydroxyl groups is 1. The molecule has 3 rings (SSSR count). The van der Waals surface area contributed by atoms with E-state index in [9.17, 15) is 23.5 Å². The van der Waals surface area contributed by atoms with Crippen LogP contribution in [0.4, 0.5) is 13.6 Å². The van der Waals surface area contributed by atoms with E-state index in [0.717, 1.165) is 41.1 Å². The summed E-state index contributed by atoms with van der Waals surface area (Å²) in [6, 6.07) is 2.01. The van der Waals surface area contributed by atoms with Crippen molar-refractivity contribution in [3.8, 4) is 0 Å². The summed E-state index contributed by atoms with van der Waals surface area (Å²) in [5, 5.41) is 12.7. The van der Waals surface area contributed by atoms with Gasteiger partial charge in [0.1, 0.15) is 42.9 Å². The van der Waals surface area contributed by atoms with E-state index >= 15 is 0 Å². The zero-order valence-electron chi connectivity index (χ0n) is 14.4. The quantitative estimate of drug-likeness (QED) is 0.581. The molecular formula is C17H22F2N3O4+. The molecule has 26 heavy (non-hydrogen) atoms. The number of amides is 3. The number of rotatable bonds is 5. The molecule has 1 aromatic rings. The van der Waals surface area contributed by atoms with Crippen molar-refractivity contribution in [2.45, 2.75) is 18.6 Å². The second-order valence-corrected chi connectivity index (χ2v) is 6.82. The summed E-state index contributed by atoms with van der Waals surface area (Å²) in [6.45, 7) is 4.16. The number of morpholine rings is 1. The minimum absolute atomic E-state index is 0.207. The van der Waals surface area contributed by atoms with Gasteiger partial charge in [0.15, 0.2) is 0 Å². The van der Waals surface area contributed by atoms with Crippen molar-refractivity contribution in [1.82, 2.24) is 10.2 Å². The zero-order valence-corrected chi connectivity index (χ0v) is 14.4. The Kier molecular flexibility index (Phi) is 5.22. The lowest BCUT2D eigenvalue weighted by molar-refractivity contribution is -0.910. The first-order chi connectivity index (χ1) is 12.3. The standard InChI is InChI=1S/C17H21F2N3O4/c1-17(13-8-11(18)2-3-14(13)19)15(24)22(16(25)20-17)10-12(23)9-21-4-6-26-7-5-21/h2-3,8,12,23H,4-7,9-10H2,1H3,(H,20,25)/p+1/t12-,17-/m1/s1. The third-order valence-electron chi connectivity index (χ3n) is 4.86. The number of carbonyl (C=O) groups excluding carboxylic acids is 2. The van der Waals surface area contributed by atoms with Gasteiger partial charge in [0.2, 0.25) is 0 Å². The summed E-state index contributed by atoms with van der Waals surface area (Å²) in [5.41, 5.74) is -1.96. The van der Waals surface area contributed by atoms with E-state index in [1.54, 1.807) is 0 Å². The Labute approximate surface area is 149 Å². The van der Waals surface area contributed by atoms with Crippen LogP contribution in [0.15, 0.2) is 18.2 Å². The van der Waals surface area contributed by atoms with E-state index in [4.69, 9.17) is 4.74 Å². The summed E-state index contributed by atoms with van der Waals surface area (Å²) in [5.74, 6) is -2.22. The number of carbonyl (C=O) groups is 2. The molecule has 2 aliphatic rings. The van der Waals surface area contributed by atoms with Crippen LogP contribution in [-0.2, 0) is 15.1 Å². The number of halogens is 2. The molecule has 2 heterocycles. The molecule has 0 aromatic heterocycles. The Balaban J connectivity index is 1.72. The molecule has 2 fully saturated rings. The Morgan fingerprint density at radius 1 is 1.35 bits per heavy atom. The van der Waals surface area contributed by atoms with Crippen LogP contribution in [-0.4, -0.2) is 67.4 Å². The Bertz CT molecular complexity index is 711. The second-order valence-electron chi connectivity index (χ2n) is 6.82. The molecule has 1 aromatic carbocycles. The first-order valence-corrected chi connectivity index (χ1v) is 8.50. The predicted octanol–water partition coefficient (Wildman–Crippen LogP) is -0.992. The maximum Gasteiger partial charge on any atom is 0.325 e. The molecular weight excluding hydrogens is 348 g/mol. The van der Waals surface area contributed by atoms with Gasteiger partial charge < -0.3 is 20.1 Å². The lowest BCUT2D eigenvalue weighted by Gasteiger charge is -2.27. The summed E-state index contributed by atoms with van der Waals surface area (Å²) in [7, 11) is 0. The minimum Gasteiger partial charge on any atom is -0.385 e. The van der Waals surface area contributed by atoms with Gasteiger partial charge in [0.05, 0.1) is 19.8 Å². The molecule has 0 spiro atoms. The minimum atomic E-state index is -1.71. The highest BCUT2D eigenvalue weighted by atomic mass is 19.1. The summed E-state index contributed by atoms with van der Waals surface area (Å²) in [4.78, 5) is 27.0. The Hall–Kier alpha value is -2.10. The third-order valence-corrected chi connectivity index (χ3v) is 4.86. The number of aliphatic hydroxyl groups excluding tert-OH is 1. The predicted molar refractivity (Wildman–Crippen MR) is 86.3 cm³/mol. The number of urea groups is 1. The molecule has 142 valence electrons. The molecule has 9 heteroatoms. The topological polar surface area (TPSA) is 83.3 Å². The lowest BCUT2D eigenvalue weighted by atomic mass is 9.91. The molecule has 3 amide bonds. The van der Waals surface area contributed by atoms with Crippen molar-refractivity contribution in [2.24, 2.45) is 0 Å². The number of hydrogen-bond donors (Lipinski definition) is 3. The van der Waals surface area contributed by atoms with Crippen LogP contribution < -0.4 is 10.2 Å². The van der Waals surface area contributed by atoms with Gasteiger partial charge in [0, 0.05) is 5.56 Å². The van der Waals surface area contributed by atoms with Gasteiger partial charge in [-0.2, -0.15) is 0 Å². The van der Waals surface area contributed by atoms with Crippen molar-refractivity contribution in [1.29, 1.82) is 0 Å². The fourth-order valence-corrected chi connectivity index (χ4v) is 3.40. The summed E-state index contributed by atoms with van der Waals surface area (Å²) < 4.78 is 32.9. The van der Waals surface area contributed by atoms with E-state index in [0.29, 0.717) is 19.8 Å². The van der Waals surface area contributed by atoms with Crippen LogP contribution in [0.1, 0.15) is 12.5 Å². The van der Waals surface area contributed by atoms with Gasteiger partial charge in [-0.1, -0.05) is 0 Å². The van der Waals surface area contributed by atoms with E-state index in [1.165, 1.54) is 6.92 Å². The molecule has 0 unspecified atom stereocenters. The molecule has 0 saturated carbocycles. The summed E-state index contributed by atoms with van der Waals surface area (Å²) >= 11 is 0. The van der Waals surface area contributed by atoms with Crippen molar-refractivity contribution in [3.63, 3.8) is 0 Å². The van der Waals surface area contributed by atoms with Crippen molar-refractivity contribution in [2.75, 3.05) is 39.4 Å². The smallest absolute Gasteiger partial charge is 0.325 e. The number of β-amino-alcohol motifs (C(OH)–C–C–N with tert-alkyl or cyclic N) is 1. The van der Waals surface area contributed by atoms with Crippen molar-refractivity contribution >= 4 is 11.9 Å². The van der Waals surface area contributed by atoms with Gasteiger partial charge in [-0.15, -0.1) is 0 Å². The average Bonchev–Trinajstić information content (AvgIpc) is 2.82. The Morgan fingerprint density at radius 3 is 2.73 bits per heavy atom. The van der Waals surface area contributed by atoms with E-state index < -0.39 is 35.2 Å². The van der Waals surface area contributed by atoms with Crippen LogP contribution >= 0.6 is 0 Å². The van der Waals surface area contributed by atoms with Crippen molar-refractivity contribution < 1.29 is 33.1 Å². The lowest BCUT2D eigenvalue weighted by Crippen LogP contribution is -3.15. The van der Waals surface area contributed by atoms with Crippen LogP contribution in [0.5, 0.6) is 0 Å². The van der Waals surface area contributed by atoms with Crippen LogP contribution in [0.25, 0.3) is 0 Å². The van der Waals surface area contributed by atoms with E-state index in [1.807, 2.05) is 0 Å². The number of imide groups is 1. The largest absolute Gasteiger partial charge is 0.385 e. The van der Waals surface area contributed by atoms with Gasteiger partial charge in [-0.05, 0) is 25.1 Å². The number of hydrogen-bond acceptors (Lipinski definition) is 4.